The van der Waals surface area contributed by atoms with E-state index in [0.717, 1.165) is 34.4 Å². The Labute approximate surface area is 111 Å². The Morgan fingerprint density at radius 2 is 2.21 bits per heavy atom. The van der Waals surface area contributed by atoms with Crippen LogP contribution in [0.25, 0.3) is 0 Å². The molecule has 1 aromatic heterocycles. The van der Waals surface area contributed by atoms with Gasteiger partial charge in [-0.05, 0) is 42.2 Å². The lowest BCUT2D eigenvalue weighted by Gasteiger charge is -2.19. The third-order valence-corrected chi connectivity index (χ3v) is 3.60. The second kappa shape index (κ2) is 4.55. The summed E-state index contributed by atoms with van der Waals surface area (Å²) in [5, 5.41) is 2.85. The normalized spacial score (nSPS) is 15.8. The molecule has 0 spiro atoms. The third-order valence-electron chi connectivity index (χ3n) is 3.60. The Balaban J connectivity index is 2.00. The monoisotopic (exact) mass is 256 g/mol. The van der Waals surface area contributed by atoms with Crippen LogP contribution in [0.3, 0.4) is 0 Å². The first kappa shape index (κ1) is 12.0. The van der Waals surface area contributed by atoms with E-state index in [-0.39, 0.29) is 11.9 Å². The summed E-state index contributed by atoms with van der Waals surface area (Å²) in [6.45, 7) is 2.67. The summed E-state index contributed by atoms with van der Waals surface area (Å²) in [6, 6.07) is 7.39. The molecule has 0 aliphatic carbocycles. The summed E-state index contributed by atoms with van der Waals surface area (Å²) < 4.78 is 5.43. The first-order valence-corrected chi connectivity index (χ1v) is 6.37. The van der Waals surface area contributed by atoms with Crippen LogP contribution < -0.4 is 11.1 Å². The largest absolute Gasteiger partial charge is 0.467 e. The van der Waals surface area contributed by atoms with Gasteiger partial charge in [-0.1, -0.05) is 12.1 Å². The number of furan rings is 1. The van der Waals surface area contributed by atoms with E-state index in [9.17, 15) is 4.79 Å². The van der Waals surface area contributed by atoms with Crippen molar-refractivity contribution in [3.05, 3.63) is 58.5 Å². The molecule has 1 unspecified atom stereocenters. The van der Waals surface area contributed by atoms with Crippen molar-refractivity contribution >= 4 is 5.91 Å². The van der Waals surface area contributed by atoms with Gasteiger partial charge >= 0.3 is 0 Å². The van der Waals surface area contributed by atoms with E-state index in [1.807, 2.05) is 31.2 Å². The predicted molar refractivity (Wildman–Crippen MR) is 72.0 cm³/mol. The molecular formula is C15H16N2O2. The number of benzene rings is 1. The van der Waals surface area contributed by atoms with Crippen molar-refractivity contribution in [2.45, 2.75) is 19.4 Å². The van der Waals surface area contributed by atoms with Gasteiger partial charge in [-0.3, -0.25) is 4.79 Å². The highest BCUT2D eigenvalue weighted by Crippen LogP contribution is 2.26. The van der Waals surface area contributed by atoms with Crippen molar-refractivity contribution in [1.29, 1.82) is 0 Å². The number of hydrogen-bond acceptors (Lipinski definition) is 3. The van der Waals surface area contributed by atoms with Crippen LogP contribution in [0.1, 0.15) is 38.9 Å². The van der Waals surface area contributed by atoms with Gasteiger partial charge in [0, 0.05) is 12.1 Å². The van der Waals surface area contributed by atoms with Crippen molar-refractivity contribution in [3.63, 3.8) is 0 Å². The van der Waals surface area contributed by atoms with Crippen molar-refractivity contribution in [3.8, 4) is 0 Å². The number of nitrogens with two attached hydrogens (primary N) is 1. The van der Waals surface area contributed by atoms with Crippen LogP contribution in [-0.2, 0) is 6.42 Å². The molecule has 1 atom stereocenters. The lowest BCUT2D eigenvalue weighted by molar-refractivity contribution is 0.0946. The van der Waals surface area contributed by atoms with Crippen LogP contribution >= 0.6 is 0 Å². The molecule has 1 aliphatic heterocycles. The second-order valence-electron chi connectivity index (χ2n) is 4.87. The summed E-state index contributed by atoms with van der Waals surface area (Å²) in [6.07, 6.45) is 2.51. The zero-order valence-electron chi connectivity index (χ0n) is 10.8. The number of aryl methyl sites for hydroxylation is 1. The minimum Gasteiger partial charge on any atom is -0.467 e. The molecule has 0 radical (unpaired) electrons. The molecule has 98 valence electrons. The molecule has 0 bridgehead atoms. The highest BCUT2D eigenvalue weighted by molar-refractivity contribution is 5.96. The van der Waals surface area contributed by atoms with Gasteiger partial charge in [0.15, 0.2) is 0 Å². The first-order valence-electron chi connectivity index (χ1n) is 6.37. The average Bonchev–Trinajstić information content (AvgIpc) is 2.84. The van der Waals surface area contributed by atoms with Gasteiger partial charge in [0.05, 0.1) is 12.3 Å². The number of carbonyl (C=O) groups is 1. The molecule has 19 heavy (non-hydrogen) atoms. The maximum Gasteiger partial charge on any atom is 0.251 e. The quantitative estimate of drug-likeness (QED) is 0.862. The number of nitrogens with one attached hydrogen (secondary N) is 1. The molecule has 2 aromatic rings. The molecular weight excluding hydrogens is 240 g/mol. The number of hydrogen-bond donors (Lipinski definition) is 2. The van der Waals surface area contributed by atoms with Crippen molar-refractivity contribution in [2.24, 2.45) is 5.73 Å². The van der Waals surface area contributed by atoms with E-state index in [1.54, 1.807) is 6.26 Å². The van der Waals surface area contributed by atoms with Crippen LogP contribution in [0.15, 0.2) is 34.9 Å². The minimum absolute atomic E-state index is 0.0218. The first-order chi connectivity index (χ1) is 9.16. The van der Waals surface area contributed by atoms with E-state index in [2.05, 4.69) is 5.32 Å². The van der Waals surface area contributed by atoms with Gasteiger partial charge in [0.1, 0.15) is 5.76 Å². The predicted octanol–water partition coefficient (Wildman–Crippen LogP) is 1.92. The van der Waals surface area contributed by atoms with Crippen molar-refractivity contribution in [2.75, 3.05) is 6.54 Å². The average molecular weight is 256 g/mol. The van der Waals surface area contributed by atoms with E-state index >= 15 is 0 Å². The van der Waals surface area contributed by atoms with Crippen LogP contribution in [0, 0.1) is 6.92 Å². The molecule has 1 aliphatic rings. The summed E-state index contributed by atoms with van der Waals surface area (Å²) in [7, 11) is 0. The Hall–Kier alpha value is -2.07. The molecule has 4 nitrogen and oxygen atoms in total. The summed E-state index contributed by atoms with van der Waals surface area (Å²) in [4.78, 5) is 11.8. The summed E-state index contributed by atoms with van der Waals surface area (Å²) in [5.74, 6) is 0.725. The zero-order valence-corrected chi connectivity index (χ0v) is 10.8. The van der Waals surface area contributed by atoms with Gasteiger partial charge in [0.25, 0.3) is 5.91 Å². The van der Waals surface area contributed by atoms with E-state index in [4.69, 9.17) is 10.2 Å². The third kappa shape index (κ3) is 2.04. The minimum atomic E-state index is -0.338. The van der Waals surface area contributed by atoms with Crippen molar-refractivity contribution in [1.82, 2.24) is 5.32 Å². The lowest BCUT2D eigenvalue weighted by Crippen LogP contribution is -2.32. The number of fused-ring (bicyclic) bond motifs is 1. The molecule has 4 heteroatoms. The van der Waals surface area contributed by atoms with Gasteiger partial charge in [-0.25, -0.2) is 0 Å². The van der Waals surface area contributed by atoms with Gasteiger partial charge in [-0.2, -0.15) is 0 Å². The number of carbonyl (C=O) groups excluding carboxylic acids is 1. The van der Waals surface area contributed by atoms with Crippen LogP contribution in [-0.4, -0.2) is 12.5 Å². The van der Waals surface area contributed by atoms with Gasteiger partial charge in [0.2, 0.25) is 0 Å². The molecule has 0 fully saturated rings. The van der Waals surface area contributed by atoms with Crippen LogP contribution in [0.4, 0.5) is 0 Å². The Morgan fingerprint density at radius 3 is 2.95 bits per heavy atom. The molecule has 0 saturated carbocycles. The maximum absolute atomic E-state index is 11.8. The molecule has 3 N–H and O–H groups in total. The molecule has 0 saturated heterocycles. The lowest BCUT2D eigenvalue weighted by atomic mass is 9.94. The maximum atomic E-state index is 11.8. The number of amides is 1. The SMILES string of the molecule is Cc1ccoc1C(N)c1ccc2c(c1)C(=O)NCC2. The van der Waals surface area contributed by atoms with Crippen LogP contribution in [0.5, 0.6) is 0 Å². The molecule has 2 heterocycles. The zero-order chi connectivity index (χ0) is 13.4. The fourth-order valence-corrected chi connectivity index (χ4v) is 2.48. The fourth-order valence-electron chi connectivity index (χ4n) is 2.48. The summed E-state index contributed by atoms with van der Waals surface area (Å²) >= 11 is 0. The fraction of sp³-hybridized carbons (Fsp3) is 0.267. The Bertz CT molecular complexity index is 631. The van der Waals surface area contributed by atoms with Crippen molar-refractivity contribution < 1.29 is 9.21 Å². The summed E-state index contributed by atoms with van der Waals surface area (Å²) in [5.41, 5.74) is 9.94. The Morgan fingerprint density at radius 1 is 1.37 bits per heavy atom. The van der Waals surface area contributed by atoms with Crippen LogP contribution in [0.2, 0.25) is 0 Å². The number of rotatable bonds is 2. The van der Waals surface area contributed by atoms with E-state index < -0.39 is 0 Å². The van der Waals surface area contributed by atoms with Gasteiger partial charge in [-0.15, -0.1) is 0 Å². The van der Waals surface area contributed by atoms with Gasteiger partial charge < -0.3 is 15.5 Å². The molecule has 3 rings (SSSR count). The van der Waals surface area contributed by atoms with E-state index in [1.165, 1.54) is 0 Å². The highest BCUT2D eigenvalue weighted by atomic mass is 16.3. The Kier molecular flexibility index (Phi) is 2.87. The smallest absolute Gasteiger partial charge is 0.251 e. The molecule has 1 aromatic carbocycles. The topological polar surface area (TPSA) is 68.3 Å². The highest BCUT2D eigenvalue weighted by Gasteiger charge is 2.20. The molecule has 1 amide bonds. The second-order valence-corrected chi connectivity index (χ2v) is 4.87. The van der Waals surface area contributed by atoms with E-state index in [0.29, 0.717) is 6.54 Å². The standard InChI is InChI=1S/C15H16N2O2/c1-9-5-7-19-14(9)13(16)11-3-2-10-4-6-17-15(18)12(10)8-11/h2-3,5,7-8,13H,4,6,16H2,1H3,(H,17,18).